The Morgan fingerprint density at radius 2 is 2.00 bits per heavy atom. The molecule has 0 rings (SSSR count). The quantitative estimate of drug-likeness (QED) is 0.550. The van der Waals surface area contributed by atoms with Gasteiger partial charge in [0.2, 0.25) is 0 Å². The first-order valence-electron chi connectivity index (χ1n) is 5.20. The van der Waals surface area contributed by atoms with Crippen molar-refractivity contribution >= 4 is 0 Å². The summed E-state index contributed by atoms with van der Waals surface area (Å²) in [5.41, 5.74) is 0. The molecule has 0 aliphatic carbocycles. The van der Waals surface area contributed by atoms with Gasteiger partial charge in [-0.25, -0.2) is 0 Å². The Kier molecular flexibility index (Phi) is 8.40. The highest BCUT2D eigenvalue weighted by molar-refractivity contribution is 4.61. The molecule has 3 heteroatoms. The average Bonchev–Trinajstić information content (AvgIpc) is 2.02. The van der Waals surface area contributed by atoms with Crippen molar-refractivity contribution < 1.29 is 5.11 Å². The zero-order valence-electron chi connectivity index (χ0n) is 9.21. The van der Waals surface area contributed by atoms with Crippen LogP contribution in [-0.4, -0.2) is 49.8 Å². The van der Waals surface area contributed by atoms with E-state index in [1.807, 2.05) is 19.0 Å². The molecule has 2 N–H and O–H groups in total. The van der Waals surface area contributed by atoms with Crippen molar-refractivity contribution in [2.75, 3.05) is 33.7 Å². The Bertz CT molecular complexity index is 107. The first kappa shape index (κ1) is 12.9. The van der Waals surface area contributed by atoms with E-state index in [2.05, 4.69) is 12.2 Å². The molecule has 0 radical (unpaired) electrons. The second-order valence-electron chi connectivity index (χ2n) is 3.83. The number of hydrogen-bond acceptors (Lipinski definition) is 3. The minimum atomic E-state index is -0.239. The van der Waals surface area contributed by atoms with E-state index in [1.165, 1.54) is 19.3 Å². The number of likely N-dealkylation sites (N-methyl/N-ethyl adjacent to an activating group) is 1. The van der Waals surface area contributed by atoms with Crippen LogP contribution in [0.4, 0.5) is 0 Å². The highest BCUT2D eigenvalue weighted by Crippen LogP contribution is 1.91. The molecule has 0 aromatic carbocycles. The summed E-state index contributed by atoms with van der Waals surface area (Å²) >= 11 is 0. The molecule has 3 nitrogen and oxygen atoms in total. The smallest absolute Gasteiger partial charge is 0.0791 e. The van der Waals surface area contributed by atoms with Gasteiger partial charge in [0.1, 0.15) is 0 Å². The Morgan fingerprint density at radius 1 is 1.31 bits per heavy atom. The number of aliphatic hydroxyl groups is 1. The molecule has 0 heterocycles. The summed E-state index contributed by atoms with van der Waals surface area (Å²) in [6.07, 6.45) is 3.50. The molecule has 0 aliphatic rings. The van der Waals surface area contributed by atoms with Crippen molar-refractivity contribution in [3.05, 3.63) is 0 Å². The Balaban J connectivity index is 3.12. The maximum absolute atomic E-state index is 9.47. The van der Waals surface area contributed by atoms with Crippen molar-refractivity contribution in [1.29, 1.82) is 0 Å². The molecular formula is C10H24N2O. The van der Waals surface area contributed by atoms with Gasteiger partial charge in [-0.1, -0.05) is 19.8 Å². The van der Waals surface area contributed by atoms with Crippen LogP contribution in [0.2, 0.25) is 0 Å². The van der Waals surface area contributed by atoms with Gasteiger partial charge in [0.25, 0.3) is 0 Å². The number of hydrogen-bond donors (Lipinski definition) is 2. The maximum Gasteiger partial charge on any atom is 0.0791 e. The molecule has 0 spiro atoms. The second-order valence-corrected chi connectivity index (χ2v) is 3.83. The van der Waals surface area contributed by atoms with Gasteiger partial charge < -0.3 is 15.3 Å². The van der Waals surface area contributed by atoms with Crippen LogP contribution in [0.1, 0.15) is 26.2 Å². The normalized spacial score (nSPS) is 13.6. The monoisotopic (exact) mass is 188 g/mol. The maximum atomic E-state index is 9.47. The van der Waals surface area contributed by atoms with Crippen LogP contribution < -0.4 is 5.32 Å². The van der Waals surface area contributed by atoms with Crippen molar-refractivity contribution in [2.24, 2.45) is 0 Å². The van der Waals surface area contributed by atoms with Gasteiger partial charge in [-0.3, -0.25) is 0 Å². The van der Waals surface area contributed by atoms with E-state index in [4.69, 9.17) is 0 Å². The van der Waals surface area contributed by atoms with Crippen LogP contribution in [-0.2, 0) is 0 Å². The van der Waals surface area contributed by atoms with E-state index < -0.39 is 0 Å². The minimum Gasteiger partial charge on any atom is -0.390 e. The standard InChI is InChI=1S/C10H24N2O/c1-4-5-6-7-11-8-10(13)9-12(2)3/h10-11,13H,4-9H2,1-3H3. The highest BCUT2D eigenvalue weighted by Gasteiger charge is 2.03. The van der Waals surface area contributed by atoms with E-state index in [0.717, 1.165) is 13.1 Å². The summed E-state index contributed by atoms with van der Waals surface area (Å²) in [6, 6.07) is 0. The number of nitrogens with zero attached hydrogens (tertiary/aromatic N) is 1. The summed E-state index contributed by atoms with van der Waals surface area (Å²) in [7, 11) is 3.95. The molecule has 0 saturated heterocycles. The van der Waals surface area contributed by atoms with Gasteiger partial charge in [0.05, 0.1) is 6.10 Å². The third kappa shape index (κ3) is 9.80. The molecule has 0 saturated carbocycles. The summed E-state index contributed by atoms with van der Waals surface area (Å²) in [5.74, 6) is 0. The molecule has 0 fully saturated rings. The molecular weight excluding hydrogens is 164 g/mol. The fourth-order valence-corrected chi connectivity index (χ4v) is 1.25. The molecule has 80 valence electrons. The molecule has 0 aliphatic heterocycles. The van der Waals surface area contributed by atoms with Crippen molar-refractivity contribution in [2.45, 2.75) is 32.3 Å². The fourth-order valence-electron chi connectivity index (χ4n) is 1.25. The molecule has 1 unspecified atom stereocenters. The zero-order chi connectivity index (χ0) is 10.1. The first-order valence-corrected chi connectivity index (χ1v) is 5.20. The highest BCUT2D eigenvalue weighted by atomic mass is 16.3. The largest absolute Gasteiger partial charge is 0.390 e. The van der Waals surface area contributed by atoms with E-state index in [0.29, 0.717) is 6.54 Å². The van der Waals surface area contributed by atoms with E-state index >= 15 is 0 Å². The van der Waals surface area contributed by atoms with Crippen LogP contribution in [0, 0.1) is 0 Å². The van der Waals surface area contributed by atoms with Crippen LogP contribution >= 0.6 is 0 Å². The molecule has 1 atom stereocenters. The van der Waals surface area contributed by atoms with Crippen LogP contribution in [0.15, 0.2) is 0 Å². The molecule has 0 aromatic rings. The molecule has 0 aromatic heterocycles. The van der Waals surface area contributed by atoms with Gasteiger partial charge in [-0.05, 0) is 27.1 Å². The Hall–Kier alpha value is -0.120. The number of unbranched alkanes of at least 4 members (excludes halogenated alkanes) is 2. The number of aliphatic hydroxyl groups excluding tert-OH is 1. The first-order chi connectivity index (χ1) is 6.16. The Labute approximate surface area is 82.1 Å². The lowest BCUT2D eigenvalue weighted by molar-refractivity contribution is 0.135. The van der Waals surface area contributed by atoms with Crippen molar-refractivity contribution in [3.63, 3.8) is 0 Å². The fraction of sp³-hybridized carbons (Fsp3) is 1.00. The predicted octanol–water partition coefficient (Wildman–Crippen LogP) is 0.689. The third-order valence-corrected chi connectivity index (χ3v) is 1.91. The van der Waals surface area contributed by atoms with Gasteiger partial charge in [-0.15, -0.1) is 0 Å². The van der Waals surface area contributed by atoms with Crippen LogP contribution in [0.5, 0.6) is 0 Å². The number of nitrogens with one attached hydrogen (secondary N) is 1. The second kappa shape index (κ2) is 8.48. The molecule has 0 bridgehead atoms. The van der Waals surface area contributed by atoms with Crippen LogP contribution in [0.25, 0.3) is 0 Å². The minimum absolute atomic E-state index is 0.239. The van der Waals surface area contributed by atoms with E-state index in [-0.39, 0.29) is 6.10 Å². The summed E-state index contributed by atoms with van der Waals surface area (Å²) < 4.78 is 0. The van der Waals surface area contributed by atoms with Gasteiger partial charge in [-0.2, -0.15) is 0 Å². The van der Waals surface area contributed by atoms with Gasteiger partial charge >= 0.3 is 0 Å². The third-order valence-electron chi connectivity index (χ3n) is 1.91. The van der Waals surface area contributed by atoms with Gasteiger partial charge in [0, 0.05) is 13.1 Å². The topological polar surface area (TPSA) is 35.5 Å². The summed E-state index contributed by atoms with van der Waals surface area (Å²) in [6.45, 7) is 4.67. The summed E-state index contributed by atoms with van der Waals surface area (Å²) in [4.78, 5) is 2.00. The van der Waals surface area contributed by atoms with Gasteiger partial charge in [0.15, 0.2) is 0 Å². The van der Waals surface area contributed by atoms with E-state index in [1.54, 1.807) is 0 Å². The SMILES string of the molecule is CCCCCNCC(O)CN(C)C. The van der Waals surface area contributed by atoms with Crippen LogP contribution in [0.3, 0.4) is 0 Å². The number of rotatable bonds is 8. The predicted molar refractivity (Wildman–Crippen MR) is 57.0 cm³/mol. The molecule has 13 heavy (non-hydrogen) atoms. The lowest BCUT2D eigenvalue weighted by Crippen LogP contribution is -2.35. The lowest BCUT2D eigenvalue weighted by atomic mass is 10.2. The molecule has 0 amide bonds. The van der Waals surface area contributed by atoms with Crippen molar-refractivity contribution in [3.8, 4) is 0 Å². The summed E-state index contributed by atoms with van der Waals surface area (Å²) in [5, 5.41) is 12.7. The van der Waals surface area contributed by atoms with Crippen molar-refractivity contribution in [1.82, 2.24) is 10.2 Å². The van der Waals surface area contributed by atoms with E-state index in [9.17, 15) is 5.11 Å². The average molecular weight is 188 g/mol. The Morgan fingerprint density at radius 3 is 2.54 bits per heavy atom. The zero-order valence-corrected chi connectivity index (χ0v) is 9.21. The lowest BCUT2D eigenvalue weighted by Gasteiger charge is -2.16.